The van der Waals surface area contributed by atoms with Crippen LogP contribution in [0.1, 0.15) is 59.8 Å². The van der Waals surface area contributed by atoms with Crippen molar-refractivity contribution in [2.75, 3.05) is 7.11 Å². The highest BCUT2D eigenvalue weighted by atomic mass is 16.5. The average molecular weight is 437 g/mol. The first-order valence-corrected chi connectivity index (χ1v) is 10.9. The molecular formula is C24H28N4O4. The number of aromatic nitrogens is 3. The summed E-state index contributed by atoms with van der Waals surface area (Å²) >= 11 is 0. The molecule has 8 heteroatoms. The second-order valence-corrected chi connectivity index (χ2v) is 8.76. The van der Waals surface area contributed by atoms with Gasteiger partial charge in [-0.1, -0.05) is 38.1 Å². The minimum Gasteiger partial charge on any atom is -0.380 e. The number of carbonyl (C=O) groups excluding carboxylic acids is 1. The third-order valence-corrected chi connectivity index (χ3v) is 5.54. The lowest BCUT2D eigenvalue weighted by atomic mass is 10.1. The molecule has 2 heterocycles. The van der Waals surface area contributed by atoms with E-state index in [1.165, 1.54) is 4.57 Å². The smallest absolute Gasteiger partial charge is 0.330 e. The van der Waals surface area contributed by atoms with E-state index in [-0.39, 0.29) is 34.3 Å². The third kappa shape index (κ3) is 4.65. The summed E-state index contributed by atoms with van der Waals surface area (Å²) in [6.07, 6.45) is 1.98. The lowest BCUT2D eigenvalue weighted by molar-refractivity contribution is 0.0952. The Hall–Kier alpha value is -3.26. The second kappa shape index (κ2) is 9.08. The summed E-state index contributed by atoms with van der Waals surface area (Å²) in [6, 6.07) is 9.47. The van der Waals surface area contributed by atoms with Gasteiger partial charge in [0.25, 0.3) is 11.5 Å². The molecule has 8 nitrogen and oxygen atoms in total. The number of hydrogen-bond acceptors (Lipinski definition) is 5. The number of methoxy groups -OCH3 is 1. The number of amides is 1. The zero-order valence-corrected chi connectivity index (χ0v) is 18.6. The maximum Gasteiger partial charge on any atom is 0.330 e. The number of carbonyl (C=O) groups is 1. The molecule has 1 aromatic carbocycles. The predicted octanol–water partition coefficient (Wildman–Crippen LogP) is 2.69. The maximum atomic E-state index is 13.2. The van der Waals surface area contributed by atoms with E-state index < -0.39 is 11.2 Å². The van der Waals surface area contributed by atoms with Gasteiger partial charge in [0.05, 0.1) is 17.6 Å². The molecule has 1 aliphatic carbocycles. The van der Waals surface area contributed by atoms with Crippen LogP contribution in [0.4, 0.5) is 0 Å². The van der Waals surface area contributed by atoms with Gasteiger partial charge in [-0.2, -0.15) is 0 Å². The number of nitrogens with one attached hydrogen (secondary N) is 2. The number of hydrogen-bond donors (Lipinski definition) is 2. The van der Waals surface area contributed by atoms with Crippen LogP contribution in [0.15, 0.2) is 39.9 Å². The Morgan fingerprint density at radius 2 is 1.91 bits per heavy atom. The first-order chi connectivity index (χ1) is 15.4. The molecule has 3 aromatic rings. The lowest BCUT2D eigenvalue weighted by Crippen LogP contribution is -2.34. The van der Waals surface area contributed by atoms with Crippen LogP contribution in [0.5, 0.6) is 0 Å². The van der Waals surface area contributed by atoms with E-state index in [4.69, 9.17) is 4.74 Å². The Bertz CT molecular complexity index is 1250. The van der Waals surface area contributed by atoms with Gasteiger partial charge in [0.2, 0.25) is 0 Å². The normalized spacial score (nSPS) is 13.6. The van der Waals surface area contributed by atoms with Crippen LogP contribution < -0.4 is 16.6 Å². The van der Waals surface area contributed by atoms with Crippen LogP contribution in [-0.2, 0) is 24.4 Å². The number of ether oxygens (including phenoxy) is 1. The number of H-pyrrole nitrogens is 1. The van der Waals surface area contributed by atoms with E-state index in [1.54, 1.807) is 13.2 Å². The minimum absolute atomic E-state index is 0.155. The molecule has 1 saturated carbocycles. The highest BCUT2D eigenvalue weighted by Crippen LogP contribution is 2.39. The number of nitrogens with zero attached hydrogens (tertiary/aromatic N) is 2. The summed E-state index contributed by atoms with van der Waals surface area (Å²) in [6.45, 7) is 5.22. The van der Waals surface area contributed by atoms with Gasteiger partial charge in [0.1, 0.15) is 0 Å². The minimum atomic E-state index is -0.589. The Morgan fingerprint density at radius 1 is 1.22 bits per heavy atom. The molecule has 1 aliphatic rings. The largest absolute Gasteiger partial charge is 0.380 e. The van der Waals surface area contributed by atoms with E-state index >= 15 is 0 Å². The SMILES string of the molecule is COCc1ccc(CNC(=O)c2cc(C3CC3)nc3c2c(=O)[nH]c(=O)n3CC(C)C)cc1. The molecule has 0 aliphatic heterocycles. The monoisotopic (exact) mass is 436 g/mol. The molecular weight excluding hydrogens is 408 g/mol. The molecule has 0 saturated heterocycles. The van der Waals surface area contributed by atoms with E-state index in [1.807, 2.05) is 38.1 Å². The molecule has 2 aromatic heterocycles. The van der Waals surface area contributed by atoms with Crippen molar-refractivity contribution in [2.45, 2.75) is 52.3 Å². The van der Waals surface area contributed by atoms with Crippen molar-refractivity contribution in [3.63, 3.8) is 0 Å². The van der Waals surface area contributed by atoms with Gasteiger partial charge in [-0.25, -0.2) is 9.78 Å². The number of rotatable bonds is 8. The van der Waals surface area contributed by atoms with Gasteiger partial charge >= 0.3 is 5.69 Å². The Kier molecular flexibility index (Phi) is 6.23. The summed E-state index contributed by atoms with van der Waals surface area (Å²) in [7, 11) is 1.64. The maximum absolute atomic E-state index is 13.2. The Morgan fingerprint density at radius 3 is 2.53 bits per heavy atom. The first kappa shape index (κ1) is 22.0. The van der Waals surface area contributed by atoms with Crippen LogP contribution in [0.25, 0.3) is 11.0 Å². The lowest BCUT2D eigenvalue weighted by Gasteiger charge is -2.15. The van der Waals surface area contributed by atoms with Crippen molar-refractivity contribution in [2.24, 2.45) is 5.92 Å². The standard InChI is InChI=1S/C24H28N4O4/c1-14(2)12-28-21-20(23(30)27-24(28)31)18(10-19(26-21)17-8-9-17)22(29)25-11-15-4-6-16(7-5-15)13-32-3/h4-7,10,14,17H,8-9,11-13H2,1-3H3,(H,25,29)(H,27,30,31). The van der Waals surface area contributed by atoms with Gasteiger partial charge < -0.3 is 10.1 Å². The molecule has 2 N–H and O–H groups in total. The van der Waals surface area contributed by atoms with Crippen molar-refractivity contribution in [3.05, 3.63) is 73.6 Å². The molecule has 0 spiro atoms. The second-order valence-electron chi connectivity index (χ2n) is 8.76. The predicted molar refractivity (Wildman–Crippen MR) is 122 cm³/mol. The van der Waals surface area contributed by atoms with Crippen molar-refractivity contribution in [1.82, 2.24) is 19.9 Å². The molecule has 0 unspecified atom stereocenters. The van der Waals surface area contributed by atoms with Crippen LogP contribution in [0.3, 0.4) is 0 Å². The van der Waals surface area contributed by atoms with E-state index in [0.29, 0.717) is 19.7 Å². The molecule has 0 radical (unpaired) electrons. The zero-order valence-electron chi connectivity index (χ0n) is 18.6. The first-order valence-electron chi connectivity index (χ1n) is 10.9. The molecule has 1 fully saturated rings. The van der Waals surface area contributed by atoms with Crippen LogP contribution >= 0.6 is 0 Å². The van der Waals surface area contributed by atoms with Gasteiger partial charge in [0, 0.05) is 31.8 Å². The van der Waals surface area contributed by atoms with Crippen LogP contribution in [0, 0.1) is 5.92 Å². The van der Waals surface area contributed by atoms with E-state index in [0.717, 1.165) is 29.7 Å². The van der Waals surface area contributed by atoms with Crippen LogP contribution in [-0.4, -0.2) is 27.6 Å². The Labute approximate surface area is 185 Å². The zero-order chi connectivity index (χ0) is 22.8. The van der Waals surface area contributed by atoms with Crippen molar-refractivity contribution >= 4 is 16.9 Å². The number of aromatic amines is 1. The van der Waals surface area contributed by atoms with E-state index in [2.05, 4.69) is 15.3 Å². The fourth-order valence-electron chi connectivity index (χ4n) is 3.79. The quantitative estimate of drug-likeness (QED) is 0.565. The summed E-state index contributed by atoms with van der Waals surface area (Å²) in [4.78, 5) is 45.4. The van der Waals surface area contributed by atoms with Gasteiger partial charge in [-0.15, -0.1) is 0 Å². The topological polar surface area (TPSA) is 106 Å². The van der Waals surface area contributed by atoms with Gasteiger partial charge in [0.15, 0.2) is 5.65 Å². The molecule has 168 valence electrons. The molecule has 1 amide bonds. The highest BCUT2D eigenvalue weighted by molar-refractivity contribution is 6.05. The van der Waals surface area contributed by atoms with Crippen molar-refractivity contribution < 1.29 is 9.53 Å². The molecule has 32 heavy (non-hydrogen) atoms. The summed E-state index contributed by atoms with van der Waals surface area (Å²) < 4.78 is 6.59. The van der Waals surface area contributed by atoms with Crippen molar-refractivity contribution in [3.8, 4) is 0 Å². The summed E-state index contributed by atoms with van der Waals surface area (Å²) in [5.41, 5.74) is 2.19. The highest BCUT2D eigenvalue weighted by Gasteiger charge is 2.28. The fraction of sp³-hybridized carbons (Fsp3) is 0.417. The Balaban J connectivity index is 1.71. The van der Waals surface area contributed by atoms with Crippen molar-refractivity contribution in [1.29, 1.82) is 0 Å². The summed E-state index contributed by atoms with van der Waals surface area (Å²) in [5.74, 6) is 0.0771. The average Bonchev–Trinajstić information content (AvgIpc) is 3.60. The van der Waals surface area contributed by atoms with Gasteiger partial charge in [-0.05, 0) is 36.0 Å². The molecule has 0 bridgehead atoms. The molecule has 4 rings (SSSR count). The summed E-state index contributed by atoms with van der Waals surface area (Å²) in [5, 5.41) is 3.06. The third-order valence-electron chi connectivity index (χ3n) is 5.54. The number of fused-ring (bicyclic) bond motifs is 1. The molecule has 0 atom stereocenters. The van der Waals surface area contributed by atoms with Crippen LogP contribution in [0.2, 0.25) is 0 Å². The van der Waals surface area contributed by atoms with Gasteiger partial charge in [-0.3, -0.25) is 19.1 Å². The van der Waals surface area contributed by atoms with E-state index in [9.17, 15) is 14.4 Å². The number of benzene rings is 1. The number of pyridine rings is 1. The fourth-order valence-corrected chi connectivity index (χ4v) is 3.79.